The number of ether oxygens (including phenoxy) is 1. The minimum absolute atomic E-state index is 0.316. The van der Waals surface area contributed by atoms with Crippen LogP contribution in [-0.2, 0) is 11.3 Å². The minimum atomic E-state index is -0.521. The van der Waals surface area contributed by atoms with Gasteiger partial charge in [0.15, 0.2) is 11.6 Å². The van der Waals surface area contributed by atoms with E-state index in [4.69, 9.17) is 20.4 Å². The molecule has 7 rings (SSSR count). The first-order valence-corrected chi connectivity index (χ1v) is 14.1. The third-order valence-corrected chi connectivity index (χ3v) is 8.50. The standard InChI is InChI=1S/C27H28N10O2S/c28-24(38)17-13-29-27(30-14-17)37-6-4-35(5-7-37)16-18-12-22-23(40-18)26(36-8-10-39-11-9-36)33-25(32-22)19-2-1-3-21-20(19)15-31-34-21/h1-3,12-15H,4-11,16H2,(H2,28,38)(H,31,34). The van der Waals surface area contributed by atoms with Gasteiger partial charge < -0.3 is 20.3 Å². The Morgan fingerprint density at radius 1 is 1.00 bits per heavy atom. The number of nitrogens with two attached hydrogens (primary N) is 1. The number of amides is 1. The van der Waals surface area contributed by atoms with Crippen LogP contribution in [0.4, 0.5) is 11.8 Å². The highest BCUT2D eigenvalue weighted by atomic mass is 32.1. The van der Waals surface area contributed by atoms with E-state index in [2.05, 4.69) is 47.0 Å². The van der Waals surface area contributed by atoms with Crippen LogP contribution in [-0.4, -0.2) is 93.4 Å². The first kappa shape index (κ1) is 24.8. The van der Waals surface area contributed by atoms with Crippen molar-refractivity contribution in [2.24, 2.45) is 5.73 Å². The van der Waals surface area contributed by atoms with Gasteiger partial charge in [0, 0.05) is 74.0 Å². The summed E-state index contributed by atoms with van der Waals surface area (Å²) < 4.78 is 6.74. The van der Waals surface area contributed by atoms with Gasteiger partial charge in [0.05, 0.1) is 40.7 Å². The number of aromatic nitrogens is 6. The zero-order chi connectivity index (χ0) is 27.1. The number of thiophene rings is 1. The number of benzene rings is 1. The summed E-state index contributed by atoms with van der Waals surface area (Å²) in [6, 6.07) is 8.29. The van der Waals surface area contributed by atoms with Crippen LogP contribution in [0.5, 0.6) is 0 Å². The number of morpholine rings is 1. The van der Waals surface area contributed by atoms with Crippen molar-refractivity contribution in [2.75, 3.05) is 62.3 Å². The highest BCUT2D eigenvalue weighted by Gasteiger charge is 2.23. The minimum Gasteiger partial charge on any atom is -0.378 e. The van der Waals surface area contributed by atoms with Crippen molar-refractivity contribution >= 4 is 50.1 Å². The Balaban J connectivity index is 1.14. The Morgan fingerprint density at radius 3 is 2.58 bits per heavy atom. The average molecular weight is 557 g/mol. The Hall–Kier alpha value is -4.20. The fourth-order valence-electron chi connectivity index (χ4n) is 5.25. The molecule has 0 bridgehead atoms. The third kappa shape index (κ3) is 4.72. The third-order valence-electron chi connectivity index (χ3n) is 7.40. The number of hydrogen-bond acceptors (Lipinski definition) is 11. The number of aromatic amines is 1. The number of nitrogens with zero attached hydrogens (tertiary/aromatic N) is 8. The van der Waals surface area contributed by atoms with Gasteiger partial charge >= 0.3 is 0 Å². The molecule has 6 heterocycles. The van der Waals surface area contributed by atoms with E-state index < -0.39 is 5.91 Å². The van der Waals surface area contributed by atoms with Crippen LogP contribution in [0.1, 0.15) is 15.2 Å². The maximum absolute atomic E-state index is 11.3. The zero-order valence-corrected chi connectivity index (χ0v) is 22.6. The van der Waals surface area contributed by atoms with E-state index in [1.165, 1.54) is 17.3 Å². The lowest BCUT2D eigenvalue weighted by Gasteiger charge is -2.34. The lowest BCUT2D eigenvalue weighted by atomic mass is 10.1. The number of fused-ring (bicyclic) bond motifs is 2. The number of nitrogens with one attached hydrogen (secondary N) is 1. The molecule has 204 valence electrons. The van der Waals surface area contributed by atoms with Gasteiger partial charge in [-0.2, -0.15) is 5.10 Å². The summed E-state index contributed by atoms with van der Waals surface area (Å²) in [6.07, 6.45) is 4.81. The fraction of sp³-hybridized carbons (Fsp3) is 0.333. The van der Waals surface area contributed by atoms with Gasteiger partial charge in [-0.1, -0.05) is 12.1 Å². The van der Waals surface area contributed by atoms with Crippen LogP contribution >= 0.6 is 11.3 Å². The predicted octanol–water partition coefficient (Wildman–Crippen LogP) is 2.28. The molecule has 13 heteroatoms. The summed E-state index contributed by atoms with van der Waals surface area (Å²) in [5.74, 6) is 1.78. The molecule has 2 aliphatic rings. The molecule has 0 radical (unpaired) electrons. The van der Waals surface area contributed by atoms with E-state index in [-0.39, 0.29) is 0 Å². The second-order valence-electron chi connectivity index (χ2n) is 9.93. The van der Waals surface area contributed by atoms with Crippen molar-refractivity contribution < 1.29 is 9.53 Å². The Morgan fingerprint density at radius 2 is 1.80 bits per heavy atom. The summed E-state index contributed by atoms with van der Waals surface area (Å²) in [7, 11) is 0. The summed E-state index contributed by atoms with van der Waals surface area (Å²) in [5.41, 5.74) is 8.53. The molecule has 12 nitrogen and oxygen atoms in total. The molecule has 0 atom stereocenters. The first-order chi connectivity index (χ1) is 19.6. The molecule has 2 saturated heterocycles. The molecule has 1 aromatic carbocycles. The van der Waals surface area contributed by atoms with Gasteiger partial charge in [-0.25, -0.2) is 19.9 Å². The normalized spacial score (nSPS) is 16.7. The van der Waals surface area contributed by atoms with Gasteiger partial charge in [0.2, 0.25) is 5.95 Å². The second kappa shape index (κ2) is 10.4. The maximum atomic E-state index is 11.3. The van der Waals surface area contributed by atoms with Gasteiger partial charge in [-0.05, 0) is 12.1 Å². The molecule has 40 heavy (non-hydrogen) atoms. The molecule has 0 aliphatic carbocycles. The van der Waals surface area contributed by atoms with Crippen LogP contribution in [0, 0.1) is 0 Å². The van der Waals surface area contributed by atoms with Crippen molar-refractivity contribution in [3.05, 3.63) is 53.3 Å². The van der Waals surface area contributed by atoms with Crippen molar-refractivity contribution in [3.63, 3.8) is 0 Å². The SMILES string of the molecule is NC(=O)c1cnc(N2CCN(Cc3cc4nc(-c5cccc6[nH]ncc56)nc(N5CCOCC5)c4s3)CC2)nc1. The monoisotopic (exact) mass is 556 g/mol. The molecular weight excluding hydrogens is 528 g/mol. The maximum Gasteiger partial charge on any atom is 0.251 e. The molecule has 2 fully saturated rings. The molecule has 0 saturated carbocycles. The summed E-state index contributed by atoms with van der Waals surface area (Å²) >= 11 is 1.77. The molecule has 2 aliphatic heterocycles. The van der Waals surface area contributed by atoms with Gasteiger partial charge in [0.1, 0.15) is 0 Å². The van der Waals surface area contributed by atoms with Crippen molar-refractivity contribution in [1.82, 2.24) is 35.0 Å². The van der Waals surface area contributed by atoms with Crippen molar-refractivity contribution in [2.45, 2.75) is 6.54 Å². The number of piperazine rings is 1. The summed E-state index contributed by atoms with van der Waals surface area (Å²) in [6.45, 7) is 7.20. The van der Waals surface area contributed by atoms with E-state index >= 15 is 0 Å². The molecule has 4 aromatic heterocycles. The number of carbonyl (C=O) groups excluding carboxylic acids is 1. The van der Waals surface area contributed by atoms with E-state index in [1.807, 2.05) is 18.3 Å². The summed E-state index contributed by atoms with van der Waals surface area (Å²) in [5, 5.41) is 8.29. The highest BCUT2D eigenvalue weighted by Crippen LogP contribution is 2.36. The van der Waals surface area contributed by atoms with Crippen LogP contribution in [0.15, 0.2) is 42.9 Å². The lowest BCUT2D eigenvalue weighted by molar-refractivity contribution is 0.0999. The highest BCUT2D eigenvalue weighted by molar-refractivity contribution is 7.19. The largest absolute Gasteiger partial charge is 0.378 e. The molecule has 0 unspecified atom stereocenters. The van der Waals surface area contributed by atoms with E-state index in [9.17, 15) is 4.79 Å². The fourth-order valence-corrected chi connectivity index (χ4v) is 6.41. The number of hydrogen-bond donors (Lipinski definition) is 2. The second-order valence-corrected chi connectivity index (χ2v) is 11.1. The molecule has 3 N–H and O–H groups in total. The quantitative estimate of drug-likeness (QED) is 0.320. The van der Waals surface area contributed by atoms with Crippen molar-refractivity contribution in [3.8, 4) is 11.4 Å². The van der Waals surface area contributed by atoms with E-state index in [0.29, 0.717) is 30.5 Å². The topological polar surface area (TPSA) is 142 Å². The van der Waals surface area contributed by atoms with E-state index in [0.717, 1.165) is 78.3 Å². The Bertz CT molecular complexity index is 1670. The zero-order valence-electron chi connectivity index (χ0n) is 21.8. The van der Waals surface area contributed by atoms with Gasteiger partial charge in [0.25, 0.3) is 5.91 Å². The van der Waals surface area contributed by atoms with Crippen molar-refractivity contribution in [1.29, 1.82) is 0 Å². The molecular formula is C27H28N10O2S. The van der Waals surface area contributed by atoms with Crippen LogP contribution in [0.3, 0.4) is 0 Å². The van der Waals surface area contributed by atoms with Crippen LogP contribution in [0.2, 0.25) is 0 Å². The predicted molar refractivity (Wildman–Crippen MR) is 154 cm³/mol. The summed E-state index contributed by atoms with van der Waals surface area (Å²) in [4.78, 5) is 38.3. The number of rotatable bonds is 6. The molecule has 0 spiro atoms. The number of anilines is 2. The number of primary amides is 1. The Kier molecular flexibility index (Phi) is 6.46. The molecule has 1 amide bonds. The Labute approximate surface area is 233 Å². The lowest BCUT2D eigenvalue weighted by Crippen LogP contribution is -2.46. The van der Waals surface area contributed by atoms with Crippen LogP contribution in [0.25, 0.3) is 32.5 Å². The number of H-pyrrole nitrogens is 1. The smallest absolute Gasteiger partial charge is 0.251 e. The molecule has 5 aromatic rings. The first-order valence-electron chi connectivity index (χ1n) is 13.3. The van der Waals surface area contributed by atoms with Gasteiger partial charge in [-0.3, -0.25) is 14.8 Å². The van der Waals surface area contributed by atoms with E-state index in [1.54, 1.807) is 11.3 Å². The average Bonchev–Trinajstić information content (AvgIpc) is 3.64. The van der Waals surface area contributed by atoms with Crippen LogP contribution < -0.4 is 15.5 Å². The van der Waals surface area contributed by atoms with Gasteiger partial charge in [-0.15, -0.1) is 11.3 Å². The number of carbonyl (C=O) groups is 1.